The lowest BCUT2D eigenvalue weighted by Gasteiger charge is -2.18. The predicted octanol–water partition coefficient (Wildman–Crippen LogP) is 3.64. The van der Waals surface area contributed by atoms with E-state index in [-0.39, 0.29) is 5.91 Å². The molecule has 0 fully saturated rings. The molecular weight excluding hydrogens is 352 g/mol. The highest BCUT2D eigenvalue weighted by atomic mass is 16.5. The SMILES string of the molecule is CN(Cc1cccc(C(N)=O)c1)C(=O)c1cccc(OCc2ccccc2)c1. The molecule has 0 atom stereocenters. The summed E-state index contributed by atoms with van der Waals surface area (Å²) in [5, 5.41) is 0. The van der Waals surface area contributed by atoms with E-state index in [9.17, 15) is 9.59 Å². The Kier molecular flexibility index (Phi) is 6.07. The number of rotatable bonds is 7. The van der Waals surface area contributed by atoms with Crippen molar-refractivity contribution >= 4 is 11.8 Å². The molecule has 0 aliphatic heterocycles. The van der Waals surface area contributed by atoms with E-state index in [1.807, 2.05) is 42.5 Å². The smallest absolute Gasteiger partial charge is 0.254 e. The lowest BCUT2D eigenvalue weighted by Crippen LogP contribution is -2.26. The van der Waals surface area contributed by atoms with Crippen molar-refractivity contribution in [2.75, 3.05) is 7.05 Å². The van der Waals surface area contributed by atoms with Gasteiger partial charge in [0.2, 0.25) is 5.91 Å². The lowest BCUT2D eigenvalue weighted by atomic mass is 10.1. The van der Waals surface area contributed by atoms with Gasteiger partial charge in [-0.3, -0.25) is 9.59 Å². The second-order valence-corrected chi connectivity index (χ2v) is 6.53. The first-order chi connectivity index (χ1) is 13.5. The van der Waals surface area contributed by atoms with Gasteiger partial charge >= 0.3 is 0 Å². The van der Waals surface area contributed by atoms with Crippen molar-refractivity contribution in [3.8, 4) is 5.75 Å². The second kappa shape index (κ2) is 8.86. The number of ether oxygens (including phenoxy) is 1. The molecule has 0 aromatic heterocycles. The summed E-state index contributed by atoms with van der Waals surface area (Å²) in [5.74, 6) is 0.0209. The van der Waals surface area contributed by atoms with E-state index < -0.39 is 5.91 Å². The molecule has 0 radical (unpaired) electrons. The van der Waals surface area contributed by atoms with Crippen LogP contribution in [0.3, 0.4) is 0 Å². The Morgan fingerprint density at radius 1 is 0.857 bits per heavy atom. The number of carbonyl (C=O) groups is 2. The van der Waals surface area contributed by atoms with Crippen LogP contribution in [0, 0.1) is 0 Å². The molecule has 5 heteroatoms. The van der Waals surface area contributed by atoms with Gasteiger partial charge in [0.1, 0.15) is 12.4 Å². The summed E-state index contributed by atoms with van der Waals surface area (Å²) in [6.45, 7) is 0.809. The fraction of sp³-hybridized carbons (Fsp3) is 0.130. The lowest BCUT2D eigenvalue weighted by molar-refractivity contribution is 0.0784. The Balaban J connectivity index is 1.66. The number of amides is 2. The maximum Gasteiger partial charge on any atom is 0.254 e. The molecule has 3 aromatic carbocycles. The first-order valence-corrected chi connectivity index (χ1v) is 8.94. The van der Waals surface area contributed by atoms with Crippen LogP contribution >= 0.6 is 0 Å². The van der Waals surface area contributed by atoms with Crippen LogP contribution in [0.25, 0.3) is 0 Å². The van der Waals surface area contributed by atoms with E-state index in [4.69, 9.17) is 10.5 Å². The Labute approximate surface area is 164 Å². The van der Waals surface area contributed by atoms with Crippen molar-refractivity contribution in [1.29, 1.82) is 0 Å². The van der Waals surface area contributed by atoms with E-state index in [0.29, 0.717) is 30.0 Å². The third kappa shape index (κ3) is 4.98. The summed E-state index contributed by atoms with van der Waals surface area (Å²) in [7, 11) is 1.72. The minimum atomic E-state index is -0.487. The monoisotopic (exact) mass is 374 g/mol. The highest BCUT2D eigenvalue weighted by Crippen LogP contribution is 2.17. The molecule has 0 bridgehead atoms. The van der Waals surface area contributed by atoms with Crippen molar-refractivity contribution in [3.63, 3.8) is 0 Å². The number of nitrogens with two attached hydrogens (primary N) is 1. The van der Waals surface area contributed by atoms with Crippen LogP contribution < -0.4 is 10.5 Å². The average molecular weight is 374 g/mol. The highest BCUT2D eigenvalue weighted by molar-refractivity contribution is 5.94. The average Bonchev–Trinajstić information content (AvgIpc) is 2.73. The predicted molar refractivity (Wildman–Crippen MR) is 108 cm³/mol. The van der Waals surface area contributed by atoms with Crippen molar-refractivity contribution < 1.29 is 14.3 Å². The summed E-state index contributed by atoms with van der Waals surface area (Å²) in [4.78, 5) is 25.7. The maximum atomic E-state index is 12.8. The minimum absolute atomic E-state index is 0.130. The van der Waals surface area contributed by atoms with Gasteiger partial charge in [-0.15, -0.1) is 0 Å². The van der Waals surface area contributed by atoms with E-state index in [2.05, 4.69) is 0 Å². The van der Waals surface area contributed by atoms with E-state index in [1.165, 1.54) is 0 Å². The maximum absolute atomic E-state index is 12.8. The van der Waals surface area contributed by atoms with E-state index >= 15 is 0 Å². The van der Waals surface area contributed by atoms with E-state index in [0.717, 1.165) is 11.1 Å². The summed E-state index contributed by atoms with van der Waals surface area (Å²) in [5.41, 5.74) is 8.18. The van der Waals surface area contributed by atoms with Gasteiger partial charge in [0.05, 0.1) is 0 Å². The molecule has 28 heavy (non-hydrogen) atoms. The first kappa shape index (κ1) is 19.2. The van der Waals surface area contributed by atoms with Gasteiger partial charge < -0.3 is 15.4 Å². The van der Waals surface area contributed by atoms with Crippen LogP contribution in [0.4, 0.5) is 0 Å². The van der Waals surface area contributed by atoms with Gasteiger partial charge in [0.25, 0.3) is 5.91 Å². The molecule has 0 aliphatic rings. The van der Waals surface area contributed by atoms with Crippen molar-refractivity contribution in [1.82, 2.24) is 4.90 Å². The van der Waals surface area contributed by atoms with E-state index in [1.54, 1.807) is 48.3 Å². The topological polar surface area (TPSA) is 72.6 Å². The van der Waals surface area contributed by atoms with Crippen LogP contribution in [0.2, 0.25) is 0 Å². The Morgan fingerprint density at radius 3 is 2.29 bits per heavy atom. The zero-order valence-electron chi connectivity index (χ0n) is 15.7. The molecule has 2 N–H and O–H groups in total. The normalized spacial score (nSPS) is 10.3. The second-order valence-electron chi connectivity index (χ2n) is 6.53. The quantitative estimate of drug-likeness (QED) is 0.686. The molecule has 0 unspecified atom stereocenters. The third-order valence-corrected chi connectivity index (χ3v) is 4.31. The van der Waals surface area contributed by atoms with Crippen LogP contribution in [0.15, 0.2) is 78.9 Å². The molecule has 142 valence electrons. The van der Waals surface area contributed by atoms with Gasteiger partial charge in [-0.1, -0.05) is 48.5 Å². The molecule has 0 saturated heterocycles. The largest absolute Gasteiger partial charge is 0.489 e. The number of primary amides is 1. The Hall–Kier alpha value is -3.60. The standard InChI is InChI=1S/C23H22N2O3/c1-25(15-18-9-5-10-19(13-18)22(24)26)23(27)20-11-6-12-21(14-20)28-16-17-7-3-2-4-8-17/h2-14H,15-16H2,1H3,(H2,24,26). The zero-order chi connectivity index (χ0) is 19.9. The van der Waals surface area contributed by atoms with Crippen molar-refractivity contribution in [2.45, 2.75) is 13.2 Å². The molecular formula is C23H22N2O3. The van der Waals surface area contributed by atoms with Crippen molar-refractivity contribution in [3.05, 3.63) is 101 Å². The number of nitrogens with zero attached hydrogens (tertiary/aromatic N) is 1. The fourth-order valence-electron chi connectivity index (χ4n) is 2.85. The fourth-order valence-corrected chi connectivity index (χ4v) is 2.85. The number of benzene rings is 3. The summed E-state index contributed by atoms with van der Waals surface area (Å²) in [6, 6.07) is 23.9. The van der Waals surface area contributed by atoms with Crippen LogP contribution in [-0.2, 0) is 13.2 Å². The number of carbonyl (C=O) groups excluding carboxylic acids is 2. The summed E-state index contributed by atoms with van der Waals surface area (Å²) < 4.78 is 5.80. The molecule has 3 rings (SSSR count). The minimum Gasteiger partial charge on any atom is -0.489 e. The van der Waals surface area contributed by atoms with Crippen molar-refractivity contribution in [2.24, 2.45) is 5.73 Å². The van der Waals surface area contributed by atoms with Gasteiger partial charge in [0, 0.05) is 24.7 Å². The van der Waals surface area contributed by atoms with Gasteiger partial charge in [-0.25, -0.2) is 0 Å². The molecule has 0 aliphatic carbocycles. The molecule has 3 aromatic rings. The third-order valence-electron chi connectivity index (χ3n) is 4.31. The zero-order valence-corrected chi connectivity index (χ0v) is 15.7. The molecule has 0 saturated carbocycles. The molecule has 5 nitrogen and oxygen atoms in total. The highest BCUT2D eigenvalue weighted by Gasteiger charge is 2.13. The van der Waals surface area contributed by atoms with Crippen LogP contribution in [0.1, 0.15) is 31.8 Å². The number of hydrogen-bond acceptors (Lipinski definition) is 3. The summed E-state index contributed by atoms with van der Waals surface area (Å²) in [6.07, 6.45) is 0. The molecule has 0 heterocycles. The van der Waals surface area contributed by atoms with Crippen LogP contribution in [-0.4, -0.2) is 23.8 Å². The van der Waals surface area contributed by atoms with Gasteiger partial charge in [-0.05, 0) is 41.5 Å². The Morgan fingerprint density at radius 2 is 1.54 bits per heavy atom. The summed E-state index contributed by atoms with van der Waals surface area (Å²) >= 11 is 0. The molecule has 2 amide bonds. The van der Waals surface area contributed by atoms with Gasteiger partial charge in [0.15, 0.2) is 0 Å². The number of hydrogen-bond donors (Lipinski definition) is 1. The van der Waals surface area contributed by atoms with Gasteiger partial charge in [-0.2, -0.15) is 0 Å². The Bertz CT molecular complexity index is 970. The molecule has 0 spiro atoms. The van der Waals surface area contributed by atoms with Crippen LogP contribution in [0.5, 0.6) is 5.75 Å². The first-order valence-electron chi connectivity index (χ1n) is 8.94.